The van der Waals surface area contributed by atoms with Gasteiger partial charge in [-0.2, -0.15) is 12.7 Å². The minimum atomic E-state index is -4.10. The zero-order valence-corrected chi connectivity index (χ0v) is 11.2. The van der Waals surface area contributed by atoms with E-state index in [1.165, 1.54) is 0 Å². The Morgan fingerprint density at radius 3 is 2.00 bits per heavy atom. The van der Waals surface area contributed by atoms with Gasteiger partial charge >= 0.3 is 19.1 Å². The van der Waals surface area contributed by atoms with Crippen molar-refractivity contribution in [3.05, 3.63) is 0 Å². The molecule has 0 spiro atoms. The van der Waals surface area contributed by atoms with Crippen LogP contribution in [0.4, 0.5) is 0 Å². The van der Waals surface area contributed by atoms with Gasteiger partial charge in [-0.3, -0.25) is 4.55 Å². The second-order valence-corrected chi connectivity index (χ2v) is 7.56. The second kappa shape index (κ2) is 5.71. The summed E-state index contributed by atoms with van der Waals surface area (Å²) in [6.45, 7) is 1.97. The number of piperazine rings is 1. The zero-order valence-electron chi connectivity index (χ0n) is 9.36. The van der Waals surface area contributed by atoms with Crippen LogP contribution in [0.15, 0.2) is 0 Å². The summed E-state index contributed by atoms with van der Waals surface area (Å²) in [5, 5.41) is 0. The van der Waals surface area contributed by atoms with Gasteiger partial charge in [-0.15, -0.1) is 0 Å². The molecule has 102 valence electrons. The Bertz CT molecular complexity index is 335. The van der Waals surface area contributed by atoms with Gasteiger partial charge in [0.1, 0.15) is 0 Å². The third-order valence-electron chi connectivity index (χ3n) is 2.64. The van der Waals surface area contributed by atoms with Crippen molar-refractivity contribution in [2.45, 2.75) is 12.5 Å². The van der Waals surface area contributed by atoms with E-state index in [9.17, 15) is 8.42 Å². The van der Waals surface area contributed by atoms with E-state index in [1.807, 2.05) is 4.90 Å². The lowest BCUT2D eigenvalue weighted by Gasteiger charge is -2.32. The van der Waals surface area contributed by atoms with Gasteiger partial charge in [-0.05, 0) is 13.0 Å². The second-order valence-electron chi connectivity index (χ2n) is 4.10. The van der Waals surface area contributed by atoms with Gasteiger partial charge in [-0.25, -0.2) is 0 Å². The van der Waals surface area contributed by atoms with E-state index < -0.39 is 19.1 Å². The molecule has 1 rings (SSSR count). The lowest BCUT2D eigenvalue weighted by Crippen LogP contribution is -2.48. The monoisotopic (exact) mass is 286 g/mol. The first-order valence-electron chi connectivity index (χ1n) is 5.30. The largest absolute Gasteiger partial charge is 0.492 e. The van der Waals surface area contributed by atoms with Crippen LogP contribution in [0.25, 0.3) is 0 Å². The van der Waals surface area contributed by atoms with Crippen LogP contribution in [-0.4, -0.2) is 78.1 Å². The third-order valence-corrected chi connectivity index (χ3v) is 4.69. The molecule has 8 nitrogen and oxygen atoms in total. The van der Waals surface area contributed by atoms with E-state index in [0.717, 1.165) is 4.31 Å². The van der Waals surface area contributed by atoms with Crippen molar-refractivity contribution in [1.82, 2.24) is 9.21 Å². The Morgan fingerprint density at radius 2 is 1.59 bits per heavy atom. The fraction of sp³-hybridized carbons (Fsp3) is 1.00. The molecular formula is C7H18N2O6SSi. The van der Waals surface area contributed by atoms with Crippen molar-refractivity contribution in [2.75, 3.05) is 32.7 Å². The molecule has 1 heterocycles. The molecule has 1 aliphatic heterocycles. The highest BCUT2D eigenvalue weighted by Crippen LogP contribution is 2.08. The van der Waals surface area contributed by atoms with Crippen molar-refractivity contribution in [3.63, 3.8) is 0 Å². The Morgan fingerprint density at radius 1 is 1.06 bits per heavy atom. The van der Waals surface area contributed by atoms with Gasteiger partial charge in [0.05, 0.1) is 0 Å². The van der Waals surface area contributed by atoms with E-state index in [1.54, 1.807) is 0 Å². The summed E-state index contributed by atoms with van der Waals surface area (Å²) in [6, 6.07) is -0.0223. The van der Waals surface area contributed by atoms with Crippen LogP contribution in [0, 0.1) is 0 Å². The summed E-state index contributed by atoms with van der Waals surface area (Å²) in [4.78, 5) is 28.4. The molecule has 1 fully saturated rings. The third kappa shape index (κ3) is 5.88. The van der Waals surface area contributed by atoms with Gasteiger partial charge < -0.3 is 19.3 Å². The van der Waals surface area contributed by atoms with Crippen LogP contribution in [0.5, 0.6) is 0 Å². The molecule has 17 heavy (non-hydrogen) atoms. The van der Waals surface area contributed by atoms with E-state index in [0.29, 0.717) is 26.1 Å². The first kappa shape index (κ1) is 15.0. The molecule has 0 aliphatic carbocycles. The van der Waals surface area contributed by atoms with Crippen LogP contribution in [0.1, 0.15) is 6.42 Å². The van der Waals surface area contributed by atoms with Crippen LogP contribution < -0.4 is 0 Å². The van der Waals surface area contributed by atoms with Crippen molar-refractivity contribution in [2.24, 2.45) is 0 Å². The van der Waals surface area contributed by atoms with Crippen LogP contribution >= 0.6 is 0 Å². The number of rotatable bonds is 5. The van der Waals surface area contributed by atoms with Crippen molar-refractivity contribution < 1.29 is 27.4 Å². The molecule has 0 aromatic carbocycles. The van der Waals surface area contributed by atoms with Gasteiger partial charge in [0, 0.05) is 32.2 Å². The first-order valence-corrected chi connectivity index (χ1v) is 8.75. The molecule has 0 atom stereocenters. The van der Waals surface area contributed by atoms with Crippen molar-refractivity contribution in [3.8, 4) is 0 Å². The van der Waals surface area contributed by atoms with Gasteiger partial charge in [0.2, 0.25) is 0 Å². The van der Waals surface area contributed by atoms with Gasteiger partial charge in [-0.1, -0.05) is 0 Å². The maximum absolute atomic E-state index is 10.8. The minimum absolute atomic E-state index is 0.0223. The molecule has 10 heteroatoms. The topological polar surface area (TPSA) is 122 Å². The van der Waals surface area contributed by atoms with E-state index >= 15 is 0 Å². The summed E-state index contributed by atoms with van der Waals surface area (Å²) >= 11 is 0. The lowest BCUT2D eigenvalue weighted by atomic mass is 10.3. The average molecular weight is 286 g/mol. The molecule has 0 aromatic rings. The van der Waals surface area contributed by atoms with Crippen LogP contribution in [-0.2, 0) is 10.3 Å². The SMILES string of the molecule is O=S(=O)(O)N1CCN(CCC[Si](O)(O)O)CC1. The average Bonchev–Trinajstić information content (AvgIpc) is 2.15. The standard InChI is InChI=1S/C7H18N2O6SSi/c10-16(11,12)9-5-3-8(4-6-9)2-1-7-17(13,14)15/h13-15H,1-7H2,(H,10,11,12). The van der Waals surface area contributed by atoms with E-state index in [-0.39, 0.29) is 19.1 Å². The van der Waals surface area contributed by atoms with E-state index in [4.69, 9.17) is 18.9 Å². The summed E-state index contributed by atoms with van der Waals surface area (Å²) in [7, 11) is -8.06. The smallest absolute Gasteiger partial charge is 0.390 e. The summed E-state index contributed by atoms with van der Waals surface area (Å²) < 4.78 is 31.4. The normalized spacial score (nSPS) is 20.7. The van der Waals surface area contributed by atoms with E-state index in [2.05, 4.69) is 0 Å². The van der Waals surface area contributed by atoms with Crippen LogP contribution in [0.3, 0.4) is 0 Å². The summed E-state index contributed by atoms with van der Waals surface area (Å²) in [5.41, 5.74) is 0. The fourth-order valence-corrected chi connectivity index (χ4v) is 2.98. The Hall–Kier alpha value is -0.0731. The molecule has 0 amide bonds. The van der Waals surface area contributed by atoms with Gasteiger partial charge in [0.15, 0.2) is 0 Å². The van der Waals surface area contributed by atoms with Crippen molar-refractivity contribution >= 4 is 19.1 Å². The predicted octanol–water partition coefficient (Wildman–Crippen LogP) is -2.29. The quantitative estimate of drug-likeness (QED) is 0.331. The predicted molar refractivity (Wildman–Crippen MR) is 61.4 cm³/mol. The molecule has 1 saturated heterocycles. The number of hydrogen-bond acceptors (Lipinski definition) is 6. The molecule has 0 bridgehead atoms. The van der Waals surface area contributed by atoms with Gasteiger partial charge in [0.25, 0.3) is 0 Å². The molecule has 0 saturated carbocycles. The summed E-state index contributed by atoms with van der Waals surface area (Å²) in [6.07, 6.45) is 0.446. The van der Waals surface area contributed by atoms with Crippen molar-refractivity contribution in [1.29, 1.82) is 0 Å². The fourth-order valence-electron chi connectivity index (χ4n) is 1.72. The Balaban J connectivity index is 2.24. The molecule has 0 radical (unpaired) electrons. The summed E-state index contributed by atoms with van der Waals surface area (Å²) in [5.74, 6) is 0. The van der Waals surface area contributed by atoms with Crippen LogP contribution in [0.2, 0.25) is 6.04 Å². The maximum Gasteiger partial charge on any atom is 0.492 e. The highest BCUT2D eigenvalue weighted by molar-refractivity contribution is 7.83. The Labute approximate surface area is 101 Å². The molecule has 0 unspecified atom stereocenters. The zero-order chi connectivity index (χ0) is 13.1. The minimum Gasteiger partial charge on any atom is -0.390 e. The highest BCUT2D eigenvalue weighted by Gasteiger charge is 2.28. The Kier molecular flexibility index (Phi) is 5.03. The molecule has 4 N–H and O–H groups in total. The highest BCUT2D eigenvalue weighted by atomic mass is 32.2. The maximum atomic E-state index is 10.8. The number of nitrogens with zero attached hydrogens (tertiary/aromatic N) is 2. The lowest BCUT2D eigenvalue weighted by molar-refractivity contribution is 0.175. The number of hydrogen-bond donors (Lipinski definition) is 4. The molecule has 0 aromatic heterocycles. The first-order chi connectivity index (χ1) is 7.68. The molecule has 1 aliphatic rings. The molecular weight excluding hydrogens is 268 g/mol.